The minimum Gasteiger partial charge on any atom is -0.365 e. The standard InChI is InChI=1S/C19H17F3N4O2S2/c1-9-6-12(19(20,21)22)11(7-23)17(25-9)29-8-14(27)26-18-15(16(24)28)10-4-2-3-5-13(10)30-18/h6H,2-5,8H2,1H3,(H2,24,28)(H,26,27). The summed E-state index contributed by atoms with van der Waals surface area (Å²) in [5.74, 6) is -1.43. The summed E-state index contributed by atoms with van der Waals surface area (Å²) in [7, 11) is 0. The van der Waals surface area contributed by atoms with Gasteiger partial charge >= 0.3 is 6.18 Å². The second-order valence-corrected chi connectivity index (χ2v) is 8.79. The van der Waals surface area contributed by atoms with E-state index in [-0.39, 0.29) is 16.5 Å². The zero-order chi connectivity index (χ0) is 22.1. The minimum atomic E-state index is -4.71. The summed E-state index contributed by atoms with van der Waals surface area (Å²) in [5.41, 5.74) is 5.06. The van der Waals surface area contributed by atoms with Crippen LogP contribution in [0.2, 0.25) is 0 Å². The van der Waals surface area contributed by atoms with Crippen LogP contribution in [-0.4, -0.2) is 22.6 Å². The first-order valence-corrected chi connectivity index (χ1v) is 10.8. The molecule has 30 heavy (non-hydrogen) atoms. The minimum absolute atomic E-state index is 0.0891. The molecule has 3 rings (SSSR count). The molecule has 0 spiro atoms. The number of carbonyl (C=O) groups is 2. The maximum absolute atomic E-state index is 13.2. The molecule has 2 aromatic rings. The first kappa shape index (κ1) is 22.1. The van der Waals surface area contributed by atoms with Crippen molar-refractivity contribution in [3.05, 3.63) is 38.9 Å². The Labute approximate surface area is 178 Å². The quantitative estimate of drug-likeness (QED) is 0.663. The number of hydrogen-bond donors (Lipinski definition) is 2. The van der Waals surface area contributed by atoms with Gasteiger partial charge < -0.3 is 11.1 Å². The van der Waals surface area contributed by atoms with Crippen molar-refractivity contribution >= 4 is 39.9 Å². The summed E-state index contributed by atoms with van der Waals surface area (Å²) in [6.45, 7) is 1.38. The number of nitrogens with two attached hydrogens (primary N) is 1. The molecular formula is C19H17F3N4O2S2. The molecule has 1 aliphatic rings. The zero-order valence-corrected chi connectivity index (χ0v) is 17.5. The fourth-order valence-corrected chi connectivity index (χ4v) is 5.45. The molecule has 1 aliphatic carbocycles. The van der Waals surface area contributed by atoms with Crippen LogP contribution in [-0.2, 0) is 23.8 Å². The van der Waals surface area contributed by atoms with Gasteiger partial charge in [-0.15, -0.1) is 11.3 Å². The summed E-state index contributed by atoms with van der Waals surface area (Å²) in [5, 5.41) is 12.0. The predicted octanol–water partition coefficient (Wildman–Crippen LogP) is 4.05. The molecule has 0 fully saturated rings. The number of anilines is 1. The van der Waals surface area contributed by atoms with E-state index in [1.54, 1.807) is 0 Å². The second kappa shape index (κ2) is 8.65. The number of nitrogens with zero attached hydrogens (tertiary/aromatic N) is 2. The van der Waals surface area contributed by atoms with E-state index < -0.39 is 29.1 Å². The van der Waals surface area contributed by atoms with Gasteiger partial charge in [0.05, 0.1) is 22.4 Å². The predicted molar refractivity (Wildman–Crippen MR) is 108 cm³/mol. The number of aromatic nitrogens is 1. The van der Waals surface area contributed by atoms with E-state index >= 15 is 0 Å². The number of hydrogen-bond acceptors (Lipinski definition) is 6. The van der Waals surface area contributed by atoms with Crippen LogP contribution in [0.3, 0.4) is 0 Å². The fraction of sp³-hybridized carbons (Fsp3) is 0.368. The van der Waals surface area contributed by atoms with Crippen LogP contribution in [0.5, 0.6) is 0 Å². The van der Waals surface area contributed by atoms with Crippen LogP contribution in [0.4, 0.5) is 18.2 Å². The van der Waals surface area contributed by atoms with Crippen LogP contribution in [0.25, 0.3) is 0 Å². The number of fused-ring (bicyclic) bond motifs is 1. The zero-order valence-electron chi connectivity index (χ0n) is 15.9. The summed E-state index contributed by atoms with van der Waals surface area (Å²) < 4.78 is 39.6. The molecule has 158 valence electrons. The third-order valence-electron chi connectivity index (χ3n) is 4.54. The third kappa shape index (κ3) is 4.60. The Kier molecular flexibility index (Phi) is 6.38. The molecule has 3 N–H and O–H groups in total. The first-order chi connectivity index (χ1) is 14.1. The Morgan fingerprint density at radius 2 is 2.07 bits per heavy atom. The summed E-state index contributed by atoms with van der Waals surface area (Å²) in [6, 6.07) is 2.34. The highest BCUT2D eigenvalue weighted by molar-refractivity contribution is 8.00. The number of nitriles is 1. The highest BCUT2D eigenvalue weighted by Crippen LogP contribution is 2.38. The highest BCUT2D eigenvalue weighted by Gasteiger charge is 2.35. The second-order valence-electron chi connectivity index (χ2n) is 6.72. The van der Waals surface area contributed by atoms with Crippen molar-refractivity contribution in [1.29, 1.82) is 5.26 Å². The summed E-state index contributed by atoms with van der Waals surface area (Å²) in [6.07, 6.45) is -1.25. The highest BCUT2D eigenvalue weighted by atomic mass is 32.2. The molecule has 6 nitrogen and oxygen atoms in total. The molecule has 2 amide bonds. The molecule has 0 saturated carbocycles. The van der Waals surface area contributed by atoms with Gasteiger partial charge in [0, 0.05) is 10.6 Å². The Balaban J connectivity index is 1.80. The SMILES string of the molecule is Cc1cc(C(F)(F)F)c(C#N)c(SCC(=O)Nc2sc3c(c2C(N)=O)CCCC3)n1. The number of halogens is 3. The maximum atomic E-state index is 13.2. The molecule has 0 bridgehead atoms. The average Bonchev–Trinajstić information content (AvgIpc) is 3.03. The molecule has 0 aliphatic heterocycles. The van der Waals surface area contributed by atoms with Gasteiger partial charge in [0.25, 0.3) is 5.91 Å². The van der Waals surface area contributed by atoms with Crippen LogP contribution < -0.4 is 11.1 Å². The Morgan fingerprint density at radius 1 is 1.37 bits per heavy atom. The van der Waals surface area contributed by atoms with Gasteiger partial charge in [0.2, 0.25) is 5.91 Å². The van der Waals surface area contributed by atoms with Crippen LogP contribution in [0, 0.1) is 18.3 Å². The van der Waals surface area contributed by atoms with Crippen molar-refractivity contribution in [3.8, 4) is 6.07 Å². The molecule has 0 atom stereocenters. The first-order valence-electron chi connectivity index (χ1n) is 8.97. The molecule has 2 aromatic heterocycles. The van der Waals surface area contributed by atoms with Crippen LogP contribution in [0.1, 0.15) is 50.5 Å². The number of amides is 2. The summed E-state index contributed by atoms with van der Waals surface area (Å²) >= 11 is 2.03. The Bertz CT molecular complexity index is 1060. The number of aryl methyl sites for hydroxylation is 2. The summed E-state index contributed by atoms with van der Waals surface area (Å²) in [4.78, 5) is 29.3. The van der Waals surface area contributed by atoms with Gasteiger partial charge in [0.1, 0.15) is 16.1 Å². The Morgan fingerprint density at radius 3 is 2.70 bits per heavy atom. The van der Waals surface area contributed by atoms with E-state index in [0.29, 0.717) is 17.0 Å². The van der Waals surface area contributed by atoms with Gasteiger partial charge in [-0.3, -0.25) is 9.59 Å². The van der Waals surface area contributed by atoms with Crippen molar-refractivity contribution < 1.29 is 22.8 Å². The van der Waals surface area contributed by atoms with Gasteiger partial charge in [-0.2, -0.15) is 18.4 Å². The lowest BCUT2D eigenvalue weighted by Gasteiger charge is -2.13. The van der Waals surface area contributed by atoms with Crippen molar-refractivity contribution in [3.63, 3.8) is 0 Å². The molecular weight excluding hydrogens is 437 g/mol. The number of rotatable bonds is 5. The van der Waals surface area contributed by atoms with E-state index in [2.05, 4.69) is 10.3 Å². The molecule has 0 aromatic carbocycles. The lowest BCUT2D eigenvalue weighted by molar-refractivity contribution is -0.138. The monoisotopic (exact) mass is 454 g/mol. The van der Waals surface area contributed by atoms with Crippen LogP contribution >= 0.6 is 23.1 Å². The molecule has 0 radical (unpaired) electrons. The molecule has 0 unspecified atom stereocenters. The number of carbonyl (C=O) groups excluding carboxylic acids is 2. The van der Waals surface area contributed by atoms with E-state index in [1.165, 1.54) is 24.3 Å². The van der Waals surface area contributed by atoms with E-state index in [0.717, 1.165) is 47.5 Å². The van der Waals surface area contributed by atoms with E-state index in [1.807, 2.05) is 0 Å². The van der Waals surface area contributed by atoms with Crippen LogP contribution in [0.15, 0.2) is 11.1 Å². The number of thiophene rings is 1. The average molecular weight is 454 g/mol. The third-order valence-corrected chi connectivity index (χ3v) is 6.72. The Hall–Kier alpha value is -2.58. The van der Waals surface area contributed by atoms with Gasteiger partial charge in [-0.25, -0.2) is 4.98 Å². The van der Waals surface area contributed by atoms with E-state index in [9.17, 15) is 28.0 Å². The number of pyridine rings is 1. The van der Waals surface area contributed by atoms with E-state index in [4.69, 9.17) is 5.73 Å². The van der Waals surface area contributed by atoms with Gasteiger partial charge in [-0.05, 0) is 44.2 Å². The molecule has 2 heterocycles. The van der Waals surface area contributed by atoms with Gasteiger partial charge in [-0.1, -0.05) is 11.8 Å². The van der Waals surface area contributed by atoms with Crippen molar-refractivity contribution in [1.82, 2.24) is 4.98 Å². The number of thioether (sulfide) groups is 1. The normalized spacial score (nSPS) is 13.4. The lowest BCUT2D eigenvalue weighted by Crippen LogP contribution is -2.19. The van der Waals surface area contributed by atoms with Gasteiger partial charge in [0.15, 0.2) is 0 Å². The lowest BCUT2D eigenvalue weighted by atomic mass is 9.95. The molecule has 11 heteroatoms. The smallest absolute Gasteiger partial charge is 0.365 e. The maximum Gasteiger partial charge on any atom is 0.417 e. The topological polar surface area (TPSA) is 109 Å². The number of alkyl halides is 3. The largest absolute Gasteiger partial charge is 0.417 e. The fourth-order valence-electron chi connectivity index (χ4n) is 3.29. The van der Waals surface area contributed by atoms with Crippen molar-refractivity contribution in [2.24, 2.45) is 5.73 Å². The van der Waals surface area contributed by atoms with Crippen molar-refractivity contribution in [2.75, 3.05) is 11.1 Å². The number of primary amides is 1. The number of nitrogens with one attached hydrogen (secondary N) is 1. The molecule has 0 saturated heterocycles. The van der Waals surface area contributed by atoms with Crippen molar-refractivity contribution in [2.45, 2.75) is 43.8 Å².